The molecule has 0 bridgehead atoms. The van der Waals surface area contributed by atoms with Crippen molar-refractivity contribution in [2.75, 3.05) is 0 Å². The Morgan fingerprint density at radius 2 is 1.00 bits per heavy atom. The molecule has 0 aliphatic carbocycles. The summed E-state index contributed by atoms with van der Waals surface area (Å²) in [6, 6.07) is 56.1. The van der Waals surface area contributed by atoms with Gasteiger partial charge in [0, 0.05) is 54.3 Å². The lowest BCUT2D eigenvalue weighted by molar-refractivity contribution is 0.592. The van der Waals surface area contributed by atoms with Gasteiger partial charge in [-0.3, -0.25) is 0 Å². The molecule has 2 heterocycles. The van der Waals surface area contributed by atoms with Crippen molar-refractivity contribution in [1.82, 2.24) is 9.13 Å². The number of hydrogen-bond donors (Lipinski definition) is 0. The first-order chi connectivity index (χ1) is 24.6. The highest BCUT2D eigenvalue weighted by molar-refractivity contribution is 7.85. The molecule has 5 nitrogen and oxygen atoms in total. The molecule has 0 N–H and O–H groups in total. The summed E-state index contributed by atoms with van der Waals surface area (Å²) in [7, 11) is -3.42. The first-order valence-corrected chi connectivity index (χ1v) is 18.0. The van der Waals surface area contributed by atoms with E-state index in [0.29, 0.717) is 11.3 Å². The molecule has 0 aliphatic heterocycles. The van der Waals surface area contributed by atoms with Crippen molar-refractivity contribution in [3.8, 4) is 17.4 Å². The molecule has 0 aliphatic rings. The lowest BCUT2D eigenvalue weighted by Gasteiger charge is -2.21. The maximum absolute atomic E-state index is 16.0. The van der Waals surface area contributed by atoms with Crippen molar-refractivity contribution in [2.45, 2.75) is 0 Å². The molecule has 7 aromatic carbocycles. The molecule has 0 saturated heterocycles. The van der Waals surface area contributed by atoms with Gasteiger partial charge in [-0.15, -0.1) is 0 Å². The van der Waals surface area contributed by atoms with E-state index in [1.807, 2.05) is 115 Å². The number of rotatable bonds is 5. The van der Waals surface area contributed by atoms with Gasteiger partial charge in [0.1, 0.15) is 0 Å². The normalized spacial score (nSPS) is 12.6. The van der Waals surface area contributed by atoms with Gasteiger partial charge in [0.25, 0.3) is 0 Å². The van der Waals surface area contributed by atoms with E-state index >= 15 is 4.57 Å². The van der Waals surface area contributed by atoms with Crippen LogP contribution in [0.3, 0.4) is 0 Å². The fourth-order valence-electron chi connectivity index (χ4n) is 7.33. The Labute approximate surface area is 288 Å². The number of hydrogen-bond acceptors (Lipinski definition) is 2. The fourth-order valence-corrected chi connectivity index (χ4v) is 10.0. The van der Waals surface area contributed by atoms with E-state index in [1.54, 1.807) is 0 Å². The number of aromatic nitrogens is 2. The molecule has 9 rings (SSSR count). The van der Waals surface area contributed by atoms with Crippen molar-refractivity contribution < 1.29 is 4.57 Å². The van der Waals surface area contributed by atoms with Crippen LogP contribution in [0.25, 0.3) is 59.8 Å². The summed E-state index contributed by atoms with van der Waals surface area (Å²) >= 11 is 0. The fraction of sp³-hybridized carbons (Fsp3) is 0. The highest BCUT2D eigenvalue weighted by Crippen LogP contribution is 2.46. The van der Waals surface area contributed by atoms with Crippen molar-refractivity contribution in [1.29, 1.82) is 5.26 Å². The Morgan fingerprint density at radius 3 is 1.52 bits per heavy atom. The second-order valence-electron chi connectivity index (χ2n) is 12.3. The molecule has 6 heteroatoms. The molecule has 0 amide bonds. The lowest BCUT2D eigenvalue weighted by atomic mass is 10.1. The Balaban J connectivity index is 1.33. The minimum atomic E-state index is -3.42. The van der Waals surface area contributed by atoms with Crippen molar-refractivity contribution in [3.05, 3.63) is 181 Å². The van der Waals surface area contributed by atoms with E-state index in [-0.39, 0.29) is 0 Å². The summed E-state index contributed by atoms with van der Waals surface area (Å²) in [4.78, 5) is 3.71. The lowest BCUT2D eigenvalue weighted by Crippen LogP contribution is -2.25. The Kier molecular flexibility index (Phi) is 6.78. The molecular formula is C44H27N4OP. The van der Waals surface area contributed by atoms with Crippen molar-refractivity contribution >= 4 is 72.4 Å². The molecule has 0 spiro atoms. The van der Waals surface area contributed by atoms with Crippen LogP contribution >= 0.6 is 7.14 Å². The smallest absolute Gasteiger partial charge is 0.189 e. The predicted molar refractivity (Wildman–Crippen MR) is 205 cm³/mol. The third-order valence-electron chi connectivity index (χ3n) is 9.62. The van der Waals surface area contributed by atoms with E-state index in [9.17, 15) is 5.26 Å². The van der Waals surface area contributed by atoms with E-state index in [2.05, 4.69) is 68.6 Å². The van der Waals surface area contributed by atoms with Crippen LogP contribution in [0.1, 0.15) is 5.56 Å². The highest BCUT2D eigenvalue weighted by atomic mass is 31.2. The van der Waals surface area contributed by atoms with Gasteiger partial charge in [0.2, 0.25) is 0 Å². The standard InChI is InChI=1S/C44H27N4OP/c1-46-31-18-22-38-40-28-36(20-24-42(40)48(44(38)26-31)33-13-7-3-8-14-33)50(49,34-15-9-4-10-16-34)35-19-23-41-39(27-35)37-21-17-30(29-45)25-43(37)47(41)32-11-5-2-6-12-32/h2-28H. The minimum Gasteiger partial charge on any atom is -0.311 e. The summed E-state index contributed by atoms with van der Waals surface area (Å²) in [6.45, 7) is 7.68. The van der Waals surface area contributed by atoms with E-state index in [0.717, 1.165) is 70.9 Å². The highest BCUT2D eigenvalue weighted by Gasteiger charge is 2.31. The van der Waals surface area contributed by atoms with Crippen molar-refractivity contribution in [3.63, 3.8) is 0 Å². The van der Waals surface area contributed by atoms with Gasteiger partial charge in [-0.2, -0.15) is 5.26 Å². The summed E-state index contributed by atoms with van der Waals surface area (Å²) in [5.74, 6) is 0. The Morgan fingerprint density at radius 1 is 0.500 bits per heavy atom. The second-order valence-corrected chi connectivity index (χ2v) is 15.1. The number of nitriles is 1. The maximum Gasteiger partial charge on any atom is 0.189 e. The number of para-hydroxylation sites is 2. The van der Waals surface area contributed by atoms with Gasteiger partial charge in [0.05, 0.1) is 34.8 Å². The topological polar surface area (TPSA) is 55.1 Å². The molecule has 0 radical (unpaired) electrons. The summed E-state index contributed by atoms with van der Waals surface area (Å²) in [6.07, 6.45) is 0. The minimum absolute atomic E-state index is 0.567. The predicted octanol–water partition coefficient (Wildman–Crippen LogP) is 9.94. The van der Waals surface area contributed by atoms with Crippen LogP contribution in [-0.4, -0.2) is 9.13 Å². The molecule has 1 unspecified atom stereocenters. The van der Waals surface area contributed by atoms with Gasteiger partial charge in [-0.25, -0.2) is 4.85 Å². The van der Waals surface area contributed by atoms with Crippen LogP contribution < -0.4 is 15.9 Å². The zero-order valence-corrected chi connectivity index (χ0v) is 27.6. The van der Waals surface area contributed by atoms with E-state index in [4.69, 9.17) is 6.57 Å². The van der Waals surface area contributed by atoms with Gasteiger partial charge < -0.3 is 13.7 Å². The molecule has 234 valence electrons. The summed E-state index contributed by atoms with van der Waals surface area (Å²) in [5.41, 5.74) is 6.94. The average molecular weight is 659 g/mol. The molecule has 1 atom stereocenters. The van der Waals surface area contributed by atoms with E-state index < -0.39 is 7.14 Å². The first kappa shape index (κ1) is 29.5. The van der Waals surface area contributed by atoms with Crippen LogP contribution in [0.15, 0.2) is 164 Å². The van der Waals surface area contributed by atoms with E-state index in [1.165, 1.54) is 0 Å². The summed E-state index contributed by atoms with van der Waals surface area (Å²) < 4.78 is 20.4. The van der Waals surface area contributed by atoms with Crippen LogP contribution in [0.4, 0.5) is 5.69 Å². The van der Waals surface area contributed by atoms with Gasteiger partial charge >= 0.3 is 0 Å². The zero-order valence-electron chi connectivity index (χ0n) is 26.7. The molecule has 9 aromatic rings. The summed E-state index contributed by atoms with van der Waals surface area (Å²) in [5, 5.41) is 15.9. The third-order valence-corrected chi connectivity index (χ3v) is 12.7. The van der Waals surface area contributed by atoms with Gasteiger partial charge in [-0.05, 0) is 78.9 Å². The van der Waals surface area contributed by atoms with Crippen LogP contribution in [0.2, 0.25) is 0 Å². The number of fused-ring (bicyclic) bond motifs is 6. The average Bonchev–Trinajstić information content (AvgIpc) is 3.69. The first-order valence-electron chi connectivity index (χ1n) is 16.3. The Bertz CT molecular complexity index is 2730. The number of nitrogens with zero attached hydrogens (tertiary/aromatic N) is 4. The van der Waals surface area contributed by atoms with Gasteiger partial charge in [0.15, 0.2) is 12.8 Å². The third kappa shape index (κ3) is 4.42. The zero-order chi connectivity index (χ0) is 33.8. The van der Waals surface area contributed by atoms with Crippen LogP contribution in [-0.2, 0) is 4.57 Å². The molecule has 0 fully saturated rings. The molecular weight excluding hydrogens is 631 g/mol. The monoisotopic (exact) mass is 658 g/mol. The van der Waals surface area contributed by atoms with Crippen molar-refractivity contribution in [2.24, 2.45) is 0 Å². The molecule has 0 saturated carbocycles. The Hall–Kier alpha value is -6.65. The van der Waals surface area contributed by atoms with Crippen LogP contribution in [0.5, 0.6) is 0 Å². The molecule has 2 aromatic heterocycles. The van der Waals surface area contributed by atoms with Gasteiger partial charge in [-0.1, -0.05) is 84.9 Å². The maximum atomic E-state index is 16.0. The van der Waals surface area contributed by atoms with Crippen LogP contribution in [0, 0.1) is 17.9 Å². The number of benzene rings is 7. The molecule has 50 heavy (non-hydrogen) atoms. The largest absolute Gasteiger partial charge is 0.311 e. The second kappa shape index (κ2) is 11.5. The SMILES string of the molecule is [C-]#[N+]c1ccc2c3cc(P(=O)(c4ccccc4)c4ccc5c(c4)c4ccc(C#N)cc4n5-c4ccccc4)ccc3n(-c3ccccc3)c2c1. The quantitative estimate of drug-likeness (QED) is 0.137.